The van der Waals surface area contributed by atoms with Gasteiger partial charge in [0, 0.05) is 30.8 Å². The molecule has 1 aromatic carbocycles. The Morgan fingerprint density at radius 2 is 2.21 bits per heavy atom. The van der Waals surface area contributed by atoms with Gasteiger partial charge in [-0.2, -0.15) is 0 Å². The highest BCUT2D eigenvalue weighted by atomic mass is 35.5. The lowest BCUT2D eigenvalue weighted by atomic mass is 10.1. The Morgan fingerprint density at radius 3 is 3.00 bits per heavy atom. The minimum Gasteiger partial charge on any atom is -0.491 e. The number of nitrogens with one attached hydrogen (secondary N) is 1. The quantitative estimate of drug-likeness (QED) is 0.562. The fraction of sp³-hybridized carbons (Fsp3) is 0.350. The van der Waals surface area contributed by atoms with Gasteiger partial charge in [0.15, 0.2) is 0 Å². The summed E-state index contributed by atoms with van der Waals surface area (Å²) in [6, 6.07) is 9.21. The molecule has 1 aliphatic heterocycles. The van der Waals surface area contributed by atoms with Gasteiger partial charge in [0.25, 0.3) is 0 Å². The maximum Gasteiger partial charge on any atom is 0.225 e. The minimum absolute atomic E-state index is 0.0122. The molecule has 1 N–H and O–H groups in total. The molecule has 0 saturated carbocycles. The maximum atomic E-state index is 12.5. The van der Waals surface area contributed by atoms with Crippen molar-refractivity contribution in [1.29, 1.82) is 0 Å². The zero-order chi connectivity index (χ0) is 20.2. The number of likely N-dealkylation sites (tertiary alicyclic amines) is 1. The third-order valence-corrected chi connectivity index (χ3v) is 4.97. The fourth-order valence-corrected chi connectivity index (χ4v) is 3.59. The third kappa shape index (κ3) is 4.42. The van der Waals surface area contributed by atoms with Gasteiger partial charge in [-0.25, -0.2) is 14.4 Å². The lowest BCUT2D eigenvalue weighted by Gasteiger charge is -2.16. The fourth-order valence-electron chi connectivity index (χ4n) is 3.43. The van der Waals surface area contributed by atoms with Crippen molar-refractivity contribution in [3.63, 3.8) is 0 Å². The number of hydrogen-bond donors (Lipinski definition) is 1. The summed E-state index contributed by atoms with van der Waals surface area (Å²) in [4.78, 5) is 22.0. The number of halogens is 2. The highest BCUT2D eigenvalue weighted by molar-refractivity contribution is 6.29. The molecule has 1 fully saturated rings. The number of fused-ring (bicyclic) bond motifs is 1. The van der Waals surface area contributed by atoms with Gasteiger partial charge in [-0.3, -0.25) is 4.79 Å². The van der Waals surface area contributed by atoms with Crippen molar-refractivity contribution in [2.75, 3.05) is 31.7 Å². The topological polar surface area (TPSA) is 80.5 Å². The second-order valence-corrected chi connectivity index (χ2v) is 7.17. The molecule has 1 unspecified atom stereocenters. The standard InChI is InChI=1S/C20H20ClFN4O3/c21-20-24-18-15(19(25-20)23-10-14-3-2-8-28-14)4-1-5-16(18)29-12-13-9-17(27)26(11-13)7-6-22/h1-5,8,13H,6-7,9-12H2,(H,23,24,25). The van der Waals surface area contributed by atoms with E-state index < -0.39 is 6.67 Å². The van der Waals surface area contributed by atoms with E-state index in [9.17, 15) is 9.18 Å². The minimum atomic E-state index is -0.536. The molecule has 0 radical (unpaired) electrons. The van der Waals surface area contributed by atoms with Gasteiger partial charge in [0.05, 0.1) is 19.4 Å². The van der Waals surface area contributed by atoms with Crippen LogP contribution < -0.4 is 10.1 Å². The van der Waals surface area contributed by atoms with Gasteiger partial charge in [0.1, 0.15) is 29.5 Å². The summed E-state index contributed by atoms with van der Waals surface area (Å²) in [6.07, 6.45) is 1.97. The Balaban J connectivity index is 1.50. The number of carbonyl (C=O) groups is 1. The average molecular weight is 419 g/mol. The molecular weight excluding hydrogens is 399 g/mol. The van der Waals surface area contributed by atoms with E-state index in [0.29, 0.717) is 43.2 Å². The number of nitrogens with zero attached hydrogens (tertiary/aromatic N) is 3. The number of carbonyl (C=O) groups excluding carboxylic acids is 1. The first-order valence-corrected chi connectivity index (χ1v) is 9.71. The molecule has 152 valence electrons. The first kappa shape index (κ1) is 19.4. The van der Waals surface area contributed by atoms with Crippen LogP contribution in [0.15, 0.2) is 41.0 Å². The lowest BCUT2D eigenvalue weighted by molar-refractivity contribution is -0.127. The Bertz CT molecular complexity index is 999. The molecule has 0 spiro atoms. The molecule has 3 aromatic rings. The number of anilines is 1. The molecule has 1 saturated heterocycles. The number of ether oxygens (including phenoxy) is 1. The molecule has 3 heterocycles. The van der Waals surface area contributed by atoms with Crippen molar-refractivity contribution < 1.29 is 18.3 Å². The Hall–Kier alpha value is -2.87. The van der Waals surface area contributed by atoms with Crippen molar-refractivity contribution in [3.8, 4) is 5.75 Å². The predicted octanol–water partition coefficient (Wildman–Crippen LogP) is 3.69. The number of aromatic nitrogens is 2. The third-order valence-electron chi connectivity index (χ3n) is 4.80. The summed E-state index contributed by atoms with van der Waals surface area (Å²) < 4.78 is 23.8. The molecule has 9 heteroatoms. The SMILES string of the molecule is O=C1CC(COc2cccc3c(NCc4ccco4)nc(Cl)nc23)CN1CCF. The van der Waals surface area contributed by atoms with E-state index in [1.807, 2.05) is 24.3 Å². The van der Waals surface area contributed by atoms with Crippen molar-refractivity contribution in [1.82, 2.24) is 14.9 Å². The molecule has 0 aliphatic carbocycles. The first-order valence-electron chi connectivity index (χ1n) is 9.33. The molecule has 1 aliphatic rings. The van der Waals surface area contributed by atoms with Crippen LogP contribution in [0.25, 0.3) is 10.9 Å². The predicted molar refractivity (Wildman–Crippen MR) is 107 cm³/mol. The highest BCUT2D eigenvalue weighted by Crippen LogP contribution is 2.30. The molecule has 1 atom stereocenters. The average Bonchev–Trinajstić information content (AvgIpc) is 3.35. The van der Waals surface area contributed by atoms with Crippen LogP contribution in [-0.4, -0.2) is 47.1 Å². The lowest BCUT2D eigenvalue weighted by Crippen LogP contribution is -2.28. The molecule has 0 bridgehead atoms. The molecule has 2 aromatic heterocycles. The van der Waals surface area contributed by atoms with E-state index in [1.54, 1.807) is 12.3 Å². The Kier molecular flexibility index (Phi) is 5.80. The summed E-state index contributed by atoms with van der Waals surface area (Å²) >= 11 is 6.13. The Labute approximate surface area is 171 Å². The summed E-state index contributed by atoms with van der Waals surface area (Å²) in [5.74, 6) is 1.88. The van der Waals surface area contributed by atoms with Gasteiger partial charge in [-0.1, -0.05) is 6.07 Å². The van der Waals surface area contributed by atoms with Gasteiger partial charge in [-0.15, -0.1) is 0 Å². The van der Waals surface area contributed by atoms with Crippen molar-refractivity contribution in [3.05, 3.63) is 47.6 Å². The summed E-state index contributed by atoms with van der Waals surface area (Å²) in [7, 11) is 0. The van der Waals surface area contributed by atoms with Crippen LogP contribution in [0.5, 0.6) is 5.75 Å². The van der Waals surface area contributed by atoms with Crippen LogP contribution >= 0.6 is 11.6 Å². The van der Waals surface area contributed by atoms with Crippen LogP contribution in [0.2, 0.25) is 5.28 Å². The van der Waals surface area contributed by atoms with Crippen LogP contribution in [0.3, 0.4) is 0 Å². The Morgan fingerprint density at radius 1 is 1.31 bits per heavy atom. The van der Waals surface area contributed by atoms with Gasteiger partial charge < -0.3 is 19.4 Å². The summed E-state index contributed by atoms with van der Waals surface area (Å²) in [5.41, 5.74) is 0.583. The number of rotatable bonds is 8. The van der Waals surface area contributed by atoms with Gasteiger partial charge in [0.2, 0.25) is 11.2 Å². The van der Waals surface area contributed by atoms with Gasteiger partial charge >= 0.3 is 0 Å². The zero-order valence-electron chi connectivity index (χ0n) is 15.6. The van der Waals surface area contributed by atoms with Crippen molar-refractivity contribution >= 4 is 34.2 Å². The molecule has 4 rings (SSSR count). The van der Waals surface area contributed by atoms with Crippen molar-refractivity contribution in [2.24, 2.45) is 5.92 Å². The molecule has 1 amide bonds. The number of furan rings is 1. The van der Waals surface area contributed by atoms with Gasteiger partial charge in [-0.05, 0) is 35.9 Å². The van der Waals surface area contributed by atoms with Crippen LogP contribution in [0.4, 0.5) is 10.2 Å². The first-order chi connectivity index (χ1) is 14.1. The largest absolute Gasteiger partial charge is 0.491 e. The number of hydrogen-bond acceptors (Lipinski definition) is 6. The second kappa shape index (κ2) is 8.65. The number of para-hydroxylation sites is 1. The van der Waals surface area contributed by atoms with E-state index in [2.05, 4.69) is 15.3 Å². The number of alkyl halides is 1. The van der Waals surface area contributed by atoms with Crippen LogP contribution in [0.1, 0.15) is 12.2 Å². The van der Waals surface area contributed by atoms with Crippen molar-refractivity contribution in [2.45, 2.75) is 13.0 Å². The summed E-state index contributed by atoms with van der Waals surface area (Å²) in [6.45, 7) is 0.891. The number of benzene rings is 1. The highest BCUT2D eigenvalue weighted by Gasteiger charge is 2.29. The molecule has 29 heavy (non-hydrogen) atoms. The van der Waals surface area contributed by atoms with E-state index >= 15 is 0 Å². The number of amides is 1. The molecule has 7 nitrogen and oxygen atoms in total. The van der Waals surface area contributed by atoms with E-state index in [4.69, 9.17) is 20.8 Å². The molecular formula is C20H20ClFN4O3. The monoisotopic (exact) mass is 418 g/mol. The van der Waals surface area contributed by atoms with Crippen LogP contribution in [-0.2, 0) is 11.3 Å². The van der Waals surface area contributed by atoms with E-state index in [1.165, 1.54) is 4.90 Å². The second-order valence-electron chi connectivity index (χ2n) is 6.84. The normalized spacial score (nSPS) is 16.6. The van der Waals surface area contributed by atoms with Crippen LogP contribution in [0, 0.1) is 5.92 Å². The van der Waals surface area contributed by atoms with E-state index in [-0.39, 0.29) is 23.7 Å². The summed E-state index contributed by atoms with van der Waals surface area (Å²) in [5, 5.41) is 4.07. The maximum absolute atomic E-state index is 12.5. The van der Waals surface area contributed by atoms with E-state index in [0.717, 1.165) is 11.1 Å². The zero-order valence-corrected chi connectivity index (χ0v) is 16.4. The smallest absolute Gasteiger partial charge is 0.225 e.